The number of pyridine rings is 1. The van der Waals surface area contributed by atoms with Crippen LogP contribution in [0.25, 0.3) is 0 Å². The number of carbonyl (C=O) groups is 1. The minimum atomic E-state index is -0.386. The fourth-order valence-corrected chi connectivity index (χ4v) is 2.18. The first-order valence-corrected chi connectivity index (χ1v) is 7.46. The summed E-state index contributed by atoms with van der Waals surface area (Å²) in [5.74, 6) is 0.791. The van der Waals surface area contributed by atoms with E-state index in [-0.39, 0.29) is 18.1 Å². The summed E-state index contributed by atoms with van der Waals surface area (Å²) in [5.41, 5.74) is 0.916. The smallest absolute Gasteiger partial charge is 0.228 e. The van der Waals surface area contributed by atoms with Crippen LogP contribution in [0.2, 0.25) is 0 Å². The van der Waals surface area contributed by atoms with Gasteiger partial charge in [0, 0.05) is 0 Å². The van der Waals surface area contributed by atoms with Crippen molar-refractivity contribution < 1.29 is 13.6 Å². The average molecular weight is 325 g/mol. The minimum absolute atomic E-state index is 0.0227. The number of halogens is 1. The third-order valence-corrected chi connectivity index (χ3v) is 3.38. The van der Waals surface area contributed by atoms with E-state index in [9.17, 15) is 9.18 Å². The van der Waals surface area contributed by atoms with Gasteiger partial charge in [-0.3, -0.25) is 4.79 Å². The summed E-state index contributed by atoms with van der Waals surface area (Å²) in [5, 5.41) is 5.81. The van der Waals surface area contributed by atoms with Crippen molar-refractivity contribution in [2.75, 3.05) is 10.6 Å². The normalized spacial score (nSPS) is 10.4. The van der Waals surface area contributed by atoms with E-state index in [1.165, 1.54) is 6.07 Å². The van der Waals surface area contributed by atoms with E-state index in [0.717, 1.165) is 5.76 Å². The van der Waals surface area contributed by atoms with Crippen LogP contribution in [0.5, 0.6) is 0 Å². The molecule has 0 atom stereocenters. The molecule has 3 aromatic rings. The van der Waals surface area contributed by atoms with Gasteiger partial charge in [-0.05, 0) is 35.9 Å². The monoisotopic (exact) mass is 325 g/mol. The number of hydrogen-bond acceptors (Lipinski definition) is 4. The van der Waals surface area contributed by atoms with Crippen molar-refractivity contribution in [1.29, 1.82) is 0 Å². The zero-order valence-electron chi connectivity index (χ0n) is 12.8. The number of carbonyl (C=O) groups excluding carboxylic acids is 1. The van der Waals surface area contributed by atoms with Crippen molar-refractivity contribution in [3.8, 4) is 0 Å². The molecule has 2 N–H and O–H groups in total. The molecule has 1 aromatic carbocycles. The molecule has 0 aliphatic rings. The number of nitrogens with zero attached hydrogens (tertiary/aromatic N) is 1. The Hall–Kier alpha value is -3.15. The van der Waals surface area contributed by atoms with Crippen molar-refractivity contribution in [2.24, 2.45) is 0 Å². The van der Waals surface area contributed by atoms with Crippen molar-refractivity contribution in [2.45, 2.75) is 13.0 Å². The second-order valence-electron chi connectivity index (χ2n) is 5.18. The van der Waals surface area contributed by atoms with Crippen molar-refractivity contribution in [1.82, 2.24) is 4.98 Å². The van der Waals surface area contributed by atoms with Gasteiger partial charge in [-0.2, -0.15) is 0 Å². The predicted octanol–water partition coefficient (Wildman–Crippen LogP) is 3.61. The van der Waals surface area contributed by atoms with Gasteiger partial charge in [-0.1, -0.05) is 18.2 Å². The van der Waals surface area contributed by atoms with Gasteiger partial charge in [0.2, 0.25) is 5.91 Å². The van der Waals surface area contributed by atoms with E-state index in [1.807, 2.05) is 12.1 Å². The Morgan fingerprint density at radius 3 is 2.71 bits per heavy atom. The predicted molar refractivity (Wildman–Crippen MR) is 89.0 cm³/mol. The van der Waals surface area contributed by atoms with Crippen LogP contribution in [0.3, 0.4) is 0 Å². The van der Waals surface area contributed by atoms with Gasteiger partial charge in [0.15, 0.2) is 0 Å². The largest absolute Gasteiger partial charge is 0.467 e. The van der Waals surface area contributed by atoms with Gasteiger partial charge in [0.25, 0.3) is 0 Å². The number of nitrogens with one attached hydrogen (secondary N) is 2. The zero-order chi connectivity index (χ0) is 16.8. The van der Waals surface area contributed by atoms with Gasteiger partial charge >= 0.3 is 0 Å². The molecule has 2 aromatic heterocycles. The molecule has 0 fully saturated rings. The molecule has 3 rings (SSSR count). The molecule has 24 heavy (non-hydrogen) atoms. The van der Waals surface area contributed by atoms with Crippen molar-refractivity contribution in [3.05, 3.63) is 78.1 Å². The SMILES string of the molecule is O=C(Cc1ccccc1F)Nc1ccc(NCc2ccco2)nc1. The molecule has 0 spiro atoms. The first-order valence-electron chi connectivity index (χ1n) is 7.46. The molecule has 5 nitrogen and oxygen atoms in total. The summed E-state index contributed by atoms with van der Waals surface area (Å²) in [4.78, 5) is 16.2. The van der Waals surface area contributed by atoms with Crippen LogP contribution in [0.1, 0.15) is 11.3 Å². The standard InChI is InChI=1S/C18H16FN3O2/c19-16-6-2-1-4-13(16)10-18(23)22-14-7-8-17(20-11-14)21-12-15-5-3-9-24-15/h1-9,11H,10,12H2,(H,20,21)(H,22,23). The highest BCUT2D eigenvalue weighted by Crippen LogP contribution is 2.13. The first kappa shape index (κ1) is 15.7. The van der Waals surface area contributed by atoms with Gasteiger partial charge < -0.3 is 15.1 Å². The van der Waals surface area contributed by atoms with E-state index in [4.69, 9.17) is 4.42 Å². The van der Waals surface area contributed by atoms with Gasteiger partial charge in [-0.15, -0.1) is 0 Å². The lowest BCUT2D eigenvalue weighted by atomic mass is 10.1. The minimum Gasteiger partial charge on any atom is -0.467 e. The third-order valence-electron chi connectivity index (χ3n) is 3.38. The molecule has 122 valence electrons. The van der Waals surface area contributed by atoms with Crippen LogP contribution in [0.15, 0.2) is 65.4 Å². The highest BCUT2D eigenvalue weighted by Gasteiger charge is 2.08. The number of furan rings is 1. The van der Waals surface area contributed by atoms with Crippen molar-refractivity contribution in [3.63, 3.8) is 0 Å². The van der Waals surface area contributed by atoms with Crippen LogP contribution in [0.4, 0.5) is 15.9 Å². The van der Waals surface area contributed by atoms with Crippen LogP contribution in [0, 0.1) is 5.82 Å². The highest BCUT2D eigenvalue weighted by atomic mass is 19.1. The molecule has 0 aliphatic carbocycles. The maximum atomic E-state index is 13.5. The molecule has 2 heterocycles. The molecule has 0 saturated heterocycles. The molecule has 0 radical (unpaired) electrons. The van der Waals surface area contributed by atoms with Crippen LogP contribution < -0.4 is 10.6 Å². The summed E-state index contributed by atoms with van der Waals surface area (Å²) >= 11 is 0. The van der Waals surface area contributed by atoms with E-state index in [0.29, 0.717) is 23.6 Å². The Kier molecular flexibility index (Phi) is 4.86. The molecule has 0 bridgehead atoms. The summed E-state index contributed by atoms with van der Waals surface area (Å²) in [7, 11) is 0. The van der Waals surface area contributed by atoms with E-state index < -0.39 is 0 Å². The van der Waals surface area contributed by atoms with Crippen molar-refractivity contribution >= 4 is 17.4 Å². The van der Waals surface area contributed by atoms with Crippen LogP contribution in [-0.4, -0.2) is 10.9 Å². The van der Waals surface area contributed by atoms with Crippen LogP contribution in [-0.2, 0) is 17.8 Å². The van der Waals surface area contributed by atoms with Gasteiger partial charge in [0.05, 0.1) is 31.1 Å². The fourth-order valence-electron chi connectivity index (χ4n) is 2.18. The van der Waals surface area contributed by atoms with Crippen LogP contribution >= 0.6 is 0 Å². The fraction of sp³-hybridized carbons (Fsp3) is 0.111. The molecular formula is C18H16FN3O2. The van der Waals surface area contributed by atoms with E-state index in [1.54, 1.807) is 42.8 Å². The summed E-state index contributed by atoms with van der Waals surface area (Å²) in [6.45, 7) is 0.527. The maximum Gasteiger partial charge on any atom is 0.228 e. The van der Waals surface area contributed by atoms with Gasteiger partial charge in [0.1, 0.15) is 17.4 Å². The number of amides is 1. The first-order chi connectivity index (χ1) is 11.7. The lowest BCUT2D eigenvalue weighted by molar-refractivity contribution is -0.115. The lowest BCUT2D eigenvalue weighted by Crippen LogP contribution is -2.15. The topological polar surface area (TPSA) is 67.2 Å². The zero-order valence-corrected chi connectivity index (χ0v) is 12.8. The molecule has 1 amide bonds. The second-order valence-corrected chi connectivity index (χ2v) is 5.18. The molecule has 0 aliphatic heterocycles. The quantitative estimate of drug-likeness (QED) is 0.726. The third kappa shape index (κ3) is 4.19. The van der Waals surface area contributed by atoms with E-state index >= 15 is 0 Å². The summed E-state index contributed by atoms with van der Waals surface area (Å²) < 4.78 is 18.8. The number of rotatable bonds is 6. The molecule has 6 heteroatoms. The molecular weight excluding hydrogens is 309 g/mol. The summed E-state index contributed by atoms with van der Waals surface area (Å²) in [6, 6.07) is 13.4. The number of anilines is 2. The average Bonchev–Trinajstić information content (AvgIpc) is 3.10. The maximum absolute atomic E-state index is 13.5. The second kappa shape index (κ2) is 7.41. The Bertz CT molecular complexity index is 801. The number of aromatic nitrogens is 1. The Labute approximate surface area is 138 Å². The summed E-state index contributed by atoms with van der Waals surface area (Å²) in [6.07, 6.45) is 3.13. The lowest BCUT2D eigenvalue weighted by Gasteiger charge is -2.07. The van der Waals surface area contributed by atoms with Gasteiger partial charge in [-0.25, -0.2) is 9.37 Å². The molecule has 0 saturated carbocycles. The number of benzene rings is 1. The highest BCUT2D eigenvalue weighted by molar-refractivity contribution is 5.92. The van der Waals surface area contributed by atoms with E-state index in [2.05, 4.69) is 15.6 Å². The Morgan fingerprint density at radius 2 is 2.00 bits per heavy atom. The molecule has 0 unspecified atom stereocenters. The Morgan fingerprint density at radius 1 is 1.12 bits per heavy atom. The Balaban J connectivity index is 1.54. The number of hydrogen-bond donors (Lipinski definition) is 2.